The summed E-state index contributed by atoms with van der Waals surface area (Å²) in [5.74, 6) is -59.7. The molecule has 0 rings (SSSR count). The monoisotopic (exact) mass is 690 g/mol. The Morgan fingerprint density at radius 1 is 0.455 bits per heavy atom. The van der Waals surface area contributed by atoms with Crippen LogP contribution in [-0.2, 0) is 9.47 Å². The van der Waals surface area contributed by atoms with Crippen LogP contribution in [0.4, 0.5) is 74.6 Å². The lowest BCUT2D eigenvalue weighted by Crippen LogP contribution is -2.74. The van der Waals surface area contributed by atoms with Crippen molar-refractivity contribution in [2.75, 3.05) is 13.2 Å². The highest BCUT2D eigenvalue weighted by molar-refractivity contribution is 5.15. The average molecular weight is 691 g/mol. The smallest absolute Gasteiger partial charge is 0.350 e. The molecule has 2 nitrogen and oxygen atoms in total. The minimum absolute atomic E-state index is 0.122. The molecule has 0 fully saturated rings. The van der Waals surface area contributed by atoms with E-state index in [0.717, 1.165) is 25.7 Å². The van der Waals surface area contributed by atoms with E-state index in [1.807, 2.05) is 6.92 Å². The SMILES string of the molecule is CCCCCCCCC(C)C(CCC(F)(F)C(F)(F)C(F)(F)C(F)(F)C(F)(F)C(F)(F)C(F)(F)C(F)(F)F)(OCC)OCC. The first-order chi connectivity index (χ1) is 19.6. The molecule has 0 N–H and O–H groups in total. The minimum Gasteiger partial charge on any atom is -0.350 e. The number of hydrogen-bond donors (Lipinski definition) is 0. The van der Waals surface area contributed by atoms with Crippen molar-refractivity contribution < 1.29 is 84.1 Å². The van der Waals surface area contributed by atoms with E-state index in [-0.39, 0.29) is 19.6 Å². The molecule has 0 radical (unpaired) electrons. The maximum atomic E-state index is 14.6. The Kier molecular flexibility index (Phi) is 14.2. The van der Waals surface area contributed by atoms with Gasteiger partial charge in [0.1, 0.15) is 0 Å². The van der Waals surface area contributed by atoms with Crippen molar-refractivity contribution in [3.05, 3.63) is 0 Å². The van der Waals surface area contributed by atoms with Crippen LogP contribution in [-0.4, -0.2) is 66.6 Å². The van der Waals surface area contributed by atoms with E-state index in [9.17, 15) is 74.6 Å². The molecule has 0 spiro atoms. The van der Waals surface area contributed by atoms with Crippen molar-refractivity contribution in [3.8, 4) is 0 Å². The van der Waals surface area contributed by atoms with Crippen molar-refractivity contribution in [2.45, 2.75) is 139 Å². The Bertz CT molecular complexity index is 865. The lowest BCUT2D eigenvalue weighted by atomic mass is 9.85. The second-order valence-electron chi connectivity index (χ2n) is 10.3. The van der Waals surface area contributed by atoms with Crippen LogP contribution < -0.4 is 0 Å². The fourth-order valence-electron chi connectivity index (χ4n) is 4.34. The van der Waals surface area contributed by atoms with Crippen LogP contribution in [0.25, 0.3) is 0 Å². The second-order valence-corrected chi connectivity index (χ2v) is 10.3. The predicted molar refractivity (Wildman–Crippen MR) is 123 cm³/mol. The summed E-state index contributed by atoms with van der Waals surface area (Å²) in [4.78, 5) is 0. The molecule has 1 unspecified atom stereocenters. The molecule has 0 aliphatic rings. The summed E-state index contributed by atoms with van der Waals surface area (Å²) in [5, 5.41) is 0. The van der Waals surface area contributed by atoms with Crippen molar-refractivity contribution in [1.82, 2.24) is 0 Å². The molecule has 0 aromatic rings. The molecular formula is C25H35F17O2. The zero-order valence-corrected chi connectivity index (χ0v) is 24.1. The molecule has 0 saturated carbocycles. The molecule has 1 atom stereocenters. The van der Waals surface area contributed by atoms with Crippen molar-refractivity contribution in [1.29, 1.82) is 0 Å². The Morgan fingerprint density at radius 3 is 1.20 bits per heavy atom. The summed E-state index contributed by atoms with van der Waals surface area (Å²) in [5.41, 5.74) is 0. The predicted octanol–water partition coefficient (Wildman–Crippen LogP) is 10.9. The van der Waals surface area contributed by atoms with Gasteiger partial charge in [-0.05, 0) is 20.3 Å². The first-order valence-corrected chi connectivity index (χ1v) is 13.6. The van der Waals surface area contributed by atoms with Crippen LogP contribution in [0, 0.1) is 5.92 Å². The van der Waals surface area contributed by atoms with Gasteiger partial charge < -0.3 is 9.47 Å². The van der Waals surface area contributed by atoms with Crippen LogP contribution in [0.15, 0.2) is 0 Å². The van der Waals surface area contributed by atoms with E-state index in [2.05, 4.69) is 0 Å². The van der Waals surface area contributed by atoms with E-state index in [1.165, 1.54) is 20.8 Å². The Labute approximate surface area is 243 Å². The molecule has 0 saturated heterocycles. The third-order valence-corrected chi connectivity index (χ3v) is 7.09. The molecule has 19 heteroatoms. The maximum Gasteiger partial charge on any atom is 0.460 e. The van der Waals surface area contributed by atoms with E-state index < -0.39 is 72.2 Å². The second kappa shape index (κ2) is 14.7. The number of unbranched alkanes of at least 4 members (excludes halogenated alkanes) is 5. The third-order valence-electron chi connectivity index (χ3n) is 7.09. The Hall–Kier alpha value is -1.27. The molecule has 0 aliphatic carbocycles. The van der Waals surface area contributed by atoms with Crippen molar-refractivity contribution in [3.63, 3.8) is 0 Å². The van der Waals surface area contributed by atoms with Crippen LogP contribution in [0.3, 0.4) is 0 Å². The van der Waals surface area contributed by atoms with Crippen LogP contribution in [0.1, 0.15) is 85.5 Å². The molecule has 0 bridgehead atoms. The fourth-order valence-corrected chi connectivity index (χ4v) is 4.34. The largest absolute Gasteiger partial charge is 0.460 e. The first kappa shape index (κ1) is 42.7. The van der Waals surface area contributed by atoms with Crippen LogP contribution in [0.5, 0.6) is 0 Å². The summed E-state index contributed by atoms with van der Waals surface area (Å²) < 4.78 is 242. The Morgan fingerprint density at radius 2 is 0.818 bits per heavy atom. The van der Waals surface area contributed by atoms with E-state index in [1.54, 1.807) is 0 Å². The lowest BCUT2D eigenvalue weighted by Gasteiger charge is -2.44. The van der Waals surface area contributed by atoms with Gasteiger partial charge in [0.15, 0.2) is 5.79 Å². The average Bonchev–Trinajstić information content (AvgIpc) is 2.88. The number of alkyl halides is 17. The number of rotatable bonds is 21. The summed E-state index contributed by atoms with van der Waals surface area (Å²) in [6.07, 6.45) is -7.27. The van der Waals surface area contributed by atoms with Gasteiger partial charge >= 0.3 is 47.6 Å². The van der Waals surface area contributed by atoms with Gasteiger partial charge in [-0.2, -0.15) is 74.6 Å². The van der Waals surface area contributed by atoms with E-state index in [4.69, 9.17) is 9.47 Å². The summed E-state index contributed by atoms with van der Waals surface area (Å²) in [7, 11) is 0. The summed E-state index contributed by atoms with van der Waals surface area (Å²) >= 11 is 0. The highest BCUT2D eigenvalue weighted by atomic mass is 19.4. The van der Waals surface area contributed by atoms with Gasteiger partial charge in [0.2, 0.25) is 0 Å². The molecule has 266 valence electrons. The highest BCUT2D eigenvalue weighted by Crippen LogP contribution is 2.64. The quantitative estimate of drug-likeness (QED) is 0.0678. The number of hydrogen-bond acceptors (Lipinski definition) is 2. The lowest BCUT2D eigenvalue weighted by molar-refractivity contribution is -0.462. The minimum atomic E-state index is -8.64. The highest BCUT2D eigenvalue weighted by Gasteiger charge is 2.95. The molecular weight excluding hydrogens is 655 g/mol. The van der Waals surface area contributed by atoms with Gasteiger partial charge in [-0.25, -0.2) is 0 Å². The topological polar surface area (TPSA) is 18.5 Å². The molecule has 0 aromatic heterocycles. The van der Waals surface area contributed by atoms with Gasteiger partial charge in [-0.15, -0.1) is 0 Å². The van der Waals surface area contributed by atoms with Gasteiger partial charge in [0.05, 0.1) is 0 Å². The fraction of sp³-hybridized carbons (Fsp3) is 1.00. The van der Waals surface area contributed by atoms with E-state index in [0.29, 0.717) is 12.8 Å². The van der Waals surface area contributed by atoms with E-state index >= 15 is 0 Å². The molecule has 0 heterocycles. The van der Waals surface area contributed by atoms with Gasteiger partial charge in [0.25, 0.3) is 0 Å². The standard InChI is InChI=1S/C25H35F17O2/c1-5-8-9-10-11-12-13-16(4)17(43-6-2,44-7-3)14-15-18(26,27)19(28,29)20(30,31)21(32,33)22(34,35)23(36,37)24(38,39)25(40,41)42/h16H,5-15H2,1-4H3. The zero-order valence-electron chi connectivity index (χ0n) is 24.1. The first-order valence-electron chi connectivity index (χ1n) is 13.6. The van der Waals surface area contributed by atoms with Crippen LogP contribution in [0.2, 0.25) is 0 Å². The van der Waals surface area contributed by atoms with Gasteiger partial charge in [-0.1, -0.05) is 52.4 Å². The normalized spacial score (nSPS) is 16.0. The molecule has 0 aromatic carbocycles. The molecule has 0 amide bonds. The maximum absolute atomic E-state index is 14.6. The number of ether oxygens (including phenoxy) is 2. The molecule has 0 aliphatic heterocycles. The van der Waals surface area contributed by atoms with Gasteiger partial charge in [0, 0.05) is 32.0 Å². The summed E-state index contributed by atoms with van der Waals surface area (Å²) in [6, 6.07) is 0. The Balaban J connectivity index is 6.42. The zero-order chi connectivity index (χ0) is 35.3. The van der Waals surface area contributed by atoms with Gasteiger partial charge in [-0.3, -0.25) is 0 Å². The molecule has 44 heavy (non-hydrogen) atoms. The van der Waals surface area contributed by atoms with Crippen molar-refractivity contribution in [2.24, 2.45) is 5.92 Å². The van der Waals surface area contributed by atoms with Crippen LogP contribution >= 0.6 is 0 Å². The third kappa shape index (κ3) is 7.81. The van der Waals surface area contributed by atoms with Crippen molar-refractivity contribution >= 4 is 0 Å². The summed E-state index contributed by atoms with van der Waals surface area (Å²) in [6.45, 7) is 5.14. The number of halogens is 17.